The molecule has 0 aliphatic carbocycles. The fourth-order valence-electron chi connectivity index (χ4n) is 1.55. The van der Waals surface area contributed by atoms with Crippen LogP contribution >= 0.6 is 0 Å². The standard InChI is InChI=1S/C13H8FNO3/c14-11-7-6-10(8-12(11)15(17)18)13(16)9-4-2-1-3-5-9/h1-8H. The summed E-state index contributed by atoms with van der Waals surface area (Å²) < 4.78 is 13.1. The monoisotopic (exact) mass is 245 g/mol. The summed E-state index contributed by atoms with van der Waals surface area (Å²) in [5.74, 6) is -1.33. The van der Waals surface area contributed by atoms with Crippen molar-refractivity contribution in [1.82, 2.24) is 0 Å². The highest BCUT2D eigenvalue weighted by atomic mass is 19.1. The van der Waals surface area contributed by atoms with E-state index >= 15 is 0 Å². The smallest absolute Gasteiger partial charge is 0.289 e. The third-order valence-electron chi connectivity index (χ3n) is 2.44. The number of nitro benzene ring substituents is 1. The summed E-state index contributed by atoms with van der Waals surface area (Å²) >= 11 is 0. The van der Waals surface area contributed by atoms with Gasteiger partial charge < -0.3 is 0 Å². The van der Waals surface area contributed by atoms with Crippen molar-refractivity contribution in [3.63, 3.8) is 0 Å². The lowest BCUT2D eigenvalue weighted by atomic mass is 10.0. The van der Waals surface area contributed by atoms with Gasteiger partial charge in [-0.2, -0.15) is 4.39 Å². The second-order valence-electron chi connectivity index (χ2n) is 3.62. The van der Waals surface area contributed by atoms with E-state index in [-0.39, 0.29) is 11.3 Å². The molecule has 4 nitrogen and oxygen atoms in total. The van der Waals surface area contributed by atoms with E-state index in [0.717, 1.165) is 12.1 Å². The predicted octanol–water partition coefficient (Wildman–Crippen LogP) is 2.96. The van der Waals surface area contributed by atoms with Crippen molar-refractivity contribution in [2.45, 2.75) is 0 Å². The molecule has 2 rings (SSSR count). The number of hydrogen-bond donors (Lipinski definition) is 0. The van der Waals surface area contributed by atoms with E-state index in [1.165, 1.54) is 6.07 Å². The number of nitrogens with zero attached hydrogens (tertiary/aromatic N) is 1. The molecule has 0 heterocycles. The molecule has 0 atom stereocenters. The molecule has 2 aromatic rings. The minimum absolute atomic E-state index is 0.0919. The SMILES string of the molecule is O=C(c1ccccc1)c1ccc(F)c([N+](=O)[O-])c1. The maximum Gasteiger partial charge on any atom is 0.305 e. The highest BCUT2D eigenvalue weighted by Crippen LogP contribution is 2.20. The number of ketones is 1. The van der Waals surface area contributed by atoms with Gasteiger partial charge in [0.15, 0.2) is 5.78 Å². The van der Waals surface area contributed by atoms with Crippen molar-refractivity contribution in [1.29, 1.82) is 0 Å². The lowest BCUT2D eigenvalue weighted by Gasteiger charge is -2.01. The second kappa shape index (κ2) is 4.75. The number of hydrogen-bond acceptors (Lipinski definition) is 3. The Labute approximate surface area is 102 Å². The van der Waals surface area contributed by atoms with Crippen molar-refractivity contribution < 1.29 is 14.1 Å². The van der Waals surface area contributed by atoms with Crippen LogP contribution in [0.1, 0.15) is 15.9 Å². The molecule has 0 unspecified atom stereocenters. The predicted molar refractivity (Wildman–Crippen MR) is 62.9 cm³/mol. The van der Waals surface area contributed by atoms with E-state index in [9.17, 15) is 19.3 Å². The van der Waals surface area contributed by atoms with Gasteiger partial charge in [0.2, 0.25) is 5.82 Å². The van der Waals surface area contributed by atoms with Crippen molar-refractivity contribution in [2.24, 2.45) is 0 Å². The molecular weight excluding hydrogens is 237 g/mol. The van der Waals surface area contributed by atoms with Crippen LogP contribution in [-0.4, -0.2) is 10.7 Å². The summed E-state index contributed by atoms with van der Waals surface area (Å²) in [6.45, 7) is 0. The summed E-state index contributed by atoms with van der Waals surface area (Å²) in [6.07, 6.45) is 0. The summed E-state index contributed by atoms with van der Waals surface area (Å²) in [6, 6.07) is 11.4. The molecule has 90 valence electrons. The van der Waals surface area contributed by atoms with Gasteiger partial charge in [0.25, 0.3) is 0 Å². The van der Waals surface area contributed by atoms with Crippen molar-refractivity contribution >= 4 is 11.5 Å². The Kier molecular flexibility index (Phi) is 3.14. The Morgan fingerprint density at radius 1 is 1.06 bits per heavy atom. The summed E-state index contributed by atoms with van der Waals surface area (Å²) in [5, 5.41) is 10.6. The Morgan fingerprint density at radius 3 is 2.33 bits per heavy atom. The lowest BCUT2D eigenvalue weighted by Crippen LogP contribution is -2.03. The molecule has 0 saturated heterocycles. The van der Waals surface area contributed by atoms with Crippen molar-refractivity contribution in [2.75, 3.05) is 0 Å². The zero-order chi connectivity index (χ0) is 13.1. The van der Waals surface area contributed by atoms with Gasteiger partial charge in [0, 0.05) is 17.2 Å². The molecular formula is C13H8FNO3. The van der Waals surface area contributed by atoms with Crippen molar-refractivity contribution in [3.8, 4) is 0 Å². The first-order valence-electron chi connectivity index (χ1n) is 5.13. The van der Waals surface area contributed by atoms with Gasteiger partial charge in [-0.25, -0.2) is 0 Å². The molecule has 0 aliphatic rings. The van der Waals surface area contributed by atoms with E-state index in [4.69, 9.17) is 0 Å². The molecule has 0 saturated carbocycles. The van der Waals surface area contributed by atoms with E-state index in [2.05, 4.69) is 0 Å². The van der Waals surface area contributed by atoms with Gasteiger partial charge >= 0.3 is 5.69 Å². The normalized spacial score (nSPS) is 10.1. The van der Waals surface area contributed by atoms with Gasteiger partial charge in [-0.15, -0.1) is 0 Å². The minimum Gasteiger partial charge on any atom is -0.289 e. The average molecular weight is 245 g/mol. The largest absolute Gasteiger partial charge is 0.305 e. The van der Waals surface area contributed by atoms with Crippen LogP contribution in [0.3, 0.4) is 0 Å². The van der Waals surface area contributed by atoms with Crippen LogP contribution in [0.15, 0.2) is 48.5 Å². The van der Waals surface area contributed by atoms with E-state index in [1.807, 2.05) is 0 Å². The van der Waals surface area contributed by atoms with Crippen LogP contribution in [0.2, 0.25) is 0 Å². The molecule has 0 amide bonds. The fraction of sp³-hybridized carbons (Fsp3) is 0. The molecule has 0 aromatic heterocycles. The van der Waals surface area contributed by atoms with Gasteiger partial charge in [-0.3, -0.25) is 14.9 Å². The number of nitro groups is 1. The molecule has 18 heavy (non-hydrogen) atoms. The zero-order valence-electron chi connectivity index (χ0n) is 9.17. The molecule has 0 aliphatic heterocycles. The third kappa shape index (κ3) is 2.24. The van der Waals surface area contributed by atoms with Crippen LogP contribution in [0.25, 0.3) is 0 Å². The Balaban J connectivity index is 2.44. The number of carbonyl (C=O) groups excluding carboxylic acids is 1. The Hall–Kier alpha value is -2.56. The number of carbonyl (C=O) groups is 1. The van der Waals surface area contributed by atoms with Crippen LogP contribution in [0.5, 0.6) is 0 Å². The first kappa shape index (κ1) is 11.9. The number of rotatable bonds is 3. The second-order valence-corrected chi connectivity index (χ2v) is 3.62. The molecule has 5 heteroatoms. The van der Waals surface area contributed by atoms with Gasteiger partial charge in [0.1, 0.15) is 0 Å². The quantitative estimate of drug-likeness (QED) is 0.474. The first-order valence-corrected chi connectivity index (χ1v) is 5.13. The van der Waals surface area contributed by atoms with E-state index < -0.39 is 16.4 Å². The van der Waals surface area contributed by atoms with Crippen LogP contribution in [-0.2, 0) is 0 Å². The van der Waals surface area contributed by atoms with E-state index in [1.54, 1.807) is 30.3 Å². The lowest BCUT2D eigenvalue weighted by molar-refractivity contribution is -0.387. The summed E-state index contributed by atoms with van der Waals surface area (Å²) in [5.41, 5.74) is -0.204. The highest BCUT2D eigenvalue weighted by molar-refractivity contribution is 6.09. The molecule has 2 aromatic carbocycles. The topological polar surface area (TPSA) is 60.2 Å². The van der Waals surface area contributed by atoms with Gasteiger partial charge in [-0.05, 0) is 12.1 Å². The highest BCUT2D eigenvalue weighted by Gasteiger charge is 2.18. The molecule has 0 fully saturated rings. The third-order valence-corrected chi connectivity index (χ3v) is 2.44. The van der Waals surface area contributed by atoms with Gasteiger partial charge in [-0.1, -0.05) is 30.3 Å². The number of halogens is 1. The minimum atomic E-state index is -0.954. The fourth-order valence-corrected chi connectivity index (χ4v) is 1.55. The number of benzene rings is 2. The molecule has 0 bridgehead atoms. The maximum atomic E-state index is 13.1. The average Bonchev–Trinajstić information content (AvgIpc) is 2.39. The summed E-state index contributed by atoms with van der Waals surface area (Å²) in [7, 11) is 0. The first-order chi connectivity index (χ1) is 8.59. The molecule has 0 radical (unpaired) electrons. The van der Waals surface area contributed by atoms with Crippen LogP contribution < -0.4 is 0 Å². The van der Waals surface area contributed by atoms with Crippen molar-refractivity contribution in [3.05, 3.63) is 75.6 Å². The zero-order valence-corrected chi connectivity index (χ0v) is 9.17. The molecule has 0 N–H and O–H groups in total. The molecule has 0 spiro atoms. The van der Waals surface area contributed by atoms with Crippen LogP contribution in [0.4, 0.5) is 10.1 Å². The van der Waals surface area contributed by atoms with Gasteiger partial charge in [0.05, 0.1) is 4.92 Å². The Bertz CT molecular complexity index is 611. The summed E-state index contributed by atoms with van der Waals surface area (Å²) in [4.78, 5) is 21.7. The Morgan fingerprint density at radius 2 is 1.72 bits per heavy atom. The maximum absolute atomic E-state index is 13.1. The van der Waals surface area contributed by atoms with E-state index in [0.29, 0.717) is 5.56 Å². The van der Waals surface area contributed by atoms with Crippen LogP contribution in [0, 0.1) is 15.9 Å².